The lowest BCUT2D eigenvalue weighted by atomic mass is 9.68. The maximum Gasteiger partial charge on any atom is 0.127 e. The van der Waals surface area contributed by atoms with E-state index in [1.165, 1.54) is 17.5 Å². The molecule has 0 amide bonds. The summed E-state index contributed by atoms with van der Waals surface area (Å²) in [5.41, 5.74) is 3.03. The Balaban J connectivity index is 1.93. The predicted octanol–water partition coefficient (Wildman–Crippen LogP) is 2.88. The normalized spacial score (nSPS) is 31.2. The molecule has 0 N–H and O–H groups in total. The summed E-state index contributed by atoms with van der Waals surface area (Å²) in [7, 11) is 3.94. The van der Waals surface area contributed by atoms with Crippen LogP contribution in [0.5, 0.6) is 11.5 Å². The summed E-state index contributed by atoms with van der Waals surface area (Å²) in [6.45, 7) is 2.12. The molecule has 0 aromatic heterocycles. The Bertz CT molecular complexity index is 581. The van der Waals surface area contributed by atoms with Gasteiger partial charge >= 0.3 is 0 Å². The first-order valence-electron chi connectivity index (χ1n) is 7.44. The van der Waals surface area contributed by atoms with Crippen molar-refractivity contribution >= 4 is 0 Å². The lowest BCUT2D eigenvalue weighted by molar-refractivity contribution is 0.127. The van der Waals surface area contributed by atoms with E-state index in [0.717, 1.165) is 37.4 Å². The lowest BCUT2D eigenvalue weighted by Gasteiger charge is -2.35. The molecule has 20 heavy (non-hydrogen) atoms. The molecular formula is C17H21NO2. The summed E-state index contributed by atoms with van der Waals surface area (Å²) in [6.07, 6.45) is 8.24. The maximum absolute atomic E-state index is 6.31. The fourth-order valence-corrected chi connectivity index (χ4v) is 4.14. The second-order valence-electron chi connectivity index (χ2n) is 6.32. The van der Waals surface area contributed by atoms with Crippen molar-refractivity contribution < 1.29 is 9.47 Å². The van der Waals surface area contributed by atoms with Crippen LogP contribution < -0.4 is 9.47 Å². The van der Waals surface area contributed by atoms with Crippen molar-refractivity contribution in [3.8, 4) is 11.5 Å². The highest BCUT2D eigenvalue weighted by molar-refractivity contribution is 5.55. The van der Waals surface area contributed by atoms with Crippen LogP contribution in [0.1, 0.15) is 30.4 Å². The molecule has 3 nitrogen and oxygen atoms in total. The predicted molar refractivity (Wildman–Crippen MR) is 78.4 cm³/mol. The summed E-state index contributed by atoms with van der Waals surface area (Å²) < 4.78 is 11.8. The Labute approximate surface area is 120 Å². The monoisotopic (exact) mass is 271 g/mol. The quantitative estimate of drug-likeness (QED) is 0.733. The van der Waals surface area contributed by atoms with Crippen molar-refractivity contribution in [3.05, 3.63) is 35.4 Å². The average molecular weight is 271 g/mol. The summed E-state index contributed by atoms with van der Waals surface area (Å²) in [6, 6.07) is 4.27. The SMILES string of the molecule is COc1cc2c3c(c1)OC1CC=CCC31CCN(C)C2. The van der Waals surface area contributed by atoms with E-state index in [9.17, 15) is 0 Å². The number of methoxy groups -OCH3 is 1. The van der Waals surface area contributed by atoms with Crippen molar-refractivity contribution in [2.45, 2.75) is 37.3 Å². The van der Waals surface area contributed by atoms with E-state index in [1.54, 1.807) is 7.11 Å². The van der Waals surface area contributed by atoms with Gasteiger partial charge in [0.25, 0.3) is 0 Å². The molecule has 1 aromatic rings. The minimum absolute atomic E-state index is 0.191. The van der Waals surface area contributed by atoms with Gasteiger partial charge < -0.3 is 14.4 Å². The molecule has 0 saturated heterocycles. The van der Waals surface area contributed by atoms with Gasteiger partial charge in [0.2, 0.25) is 0 Å². The highest BCUT2D eigenvalue weighted by atomic mass is 16.5. The highest BCUT2D eigenvalue weighted by Crippen LogP contribution is 2.54. The van der Waals surface area contributed by atoms with Gasteiger partial charge in [0, 0.05) is 30.0 Å². The standard InChI is InChI=1S/C17H21NO2/c1-18-8-7-17-6-4-3-5-15(17)20-14-10-13(19-2)9-12(11-18)16(14)17/h3-4,9-10,15H,5-8,11H2,1-2H3. The Morgan fingerprint density at radius 2 is 2.25 bits per heavy atom. The van der Waals surface area contributed by atoms with Crippen molar-refractivity contribution in [2.24, 2.45) is 0 Å². The third kappa shape index (κ3) is 1.56. The number of hydrogen-bond donors (Lipinski definition) is 0. The first kappa shape index (κ1) is 12.3. The van der Waals surface area contributed by atoms with Crippen molar-refractivity contribution in [2.75, 3.05) is 20.7 Å². The van der Waals surface area contributed by atoms with Gasteiger partial charge in [0.05, 0.1) is 7.11 Å². The second-order valence-corrected chi connectivity index (χ2v) is 6.32. The number of hydrogen-bond acceptors (Lipinski definition) is 3. The summed E-state index contributed by atoms with van der Waals surface area (Å²) in [5.74, 6) is 1.97. The Morgan fingerprint density at radius 1 is 1.35 bits per heavy atom. The van der Waals surface area contributed by atoms with Crippen LogP contribution in [-0.2, 0) is 12.0 Å². The molecule has 106 valence electrons. The minimum atomic E-state index is 0.191. The third-order valence-corrected chi connectivity index (χ3v) is 5.16. The van der Waals surface area contributed by atoms with E-state index in [4.69, 9.17) is 9.47 Å². The Morgan fingerprint density at radius 3 is 3.10 bits per heavy atom. The molecule has 2 atom stereocenters. The molecule has 0 bridgehead atoms. The number of ether oxygens (including phenoxy) is 2. The second kappa shape index (κ2) is 4.26. The topological polar surface area (TPSA) is 21.7 Å². The maximum atomic E-state index is 6.31. The Hall–Kier alpha value is -1.48. The number of allylic oxidation sites excluding steroid dienone is 1. The van der Waals surface area contributed by atoms with Gasteiger partial charge in [-0.25, -0.2) is 0 Å². The molecule has 2 heterocycles. The van der Waals surface area contributed by atoms with Crippen molar-refractivity contribution in [3.63, 3.8) is 0 Å². The van der Waals surface area contributed by atoms with Crippen molar-refractivity contribution in [1.29, 1.82) is 0 Å². The Kier molecular flexibility index (Phi) is 2.61. The van der Waals surface area contributed by atoms with Crippen LogP contribution >= 0.6 is 0 Å². The van der Waals surface area contributed by atoms with Gasteiger partial charge in [0.1, 0.15) is 17.6 Å². The molecule has 0 saturated carbocycles. The van der Waals surface area contributed by atoms with E-state index in [0.29, 0.717) is 6.10 Å². The van der Waals surface area contributed by atoms with Gasteiger partial charge in [-0.2, -0.15) is 0 Å². The smallest absolute Gasteiger partial charge is 0.127 e. The third-order valence-electron chi connectivity index (χ3n) is 5.16. The minimum Gasteiger partial charge on any atom is -0.497 e. The first-order valence-corrected chi connectivity index (χ1v) is 7.44. The molecule has 0 radical (unpaired) electrons. The van der Waals surface area contributed by atoms with Crippen LogP contribution in [-0.4, -0.2) is 31.7 Å². The van der Waals surface area contributed by atoms with Gasteiger partial charge in [0.15, 0.2) is 0 Å². The molecule has 1 aromatic carbocycles. The largest absolute Gasteiger partial charge is 0.497 e. The highest BCUT2D eigenvalue weighted by Gasteiger charge is 2.51. The average Bonchev–Trinajstić information content (AvgIpc) is 2.71. The summed E-state index contributed by atoms with van der Waals surface area (Å²) >= 11 is 0. The number of nitrogens with zero attached hydrogens (tertiary/aromatic N) is 1. The van der Waals surface area contributed by atoms with Crippen LogP contribution in [0, 0.1) is 0 Å². The van der Waals surface area contributed by atoms with Crippen LogP contribution in [0.25, 0.3) is 0 Å². The van der Waals surface area contributed by atoms with Crippen LogP contribution in [0.3, 0.4) is 0 Å². The van der Waals surface area contributed by atoms with Crippen molar-refractivity contribution in [1.82, 2.24) is 4.90 Å². The molecule has 4 rings (SSSR count). The molecule has 3 heteroatoms. The van der Waals surface area contributed by atoms with Crippen LogP contribution in [0.4, 0.5) is 0 Å². The zero-order valence-corrected chi connectivity index (χ0v) is 12.2. The van der Waals surface area contributed by atoms with E-state index in [-0.39, 0.29) is 5.41 Å². The molecule has 1 aliphatic carbocycles. The molecule has 1 spiro atoms. The zero-order chi connectivity index (χ0) is 13.7. The lowest BCUT2D eigenvalue weighted by Crippen LogP contribution is -2.40. The molecule has 3 aliphatic rings. The van der Waals surface area contributed by atoms with Crippen LogP contribution in [0.15, 0.2) is 24.3 Å². The van der Waals surface area contributed by atoms with E-state index in [2.05, 4.69) is 36.2 Å². The first-order chi connectivity index (χ1) is 9.73. The van der Waals surface area contributed by atoms with Crippen LogP contribution in [0.2, 0.25) is 0 Å². The number of rotatable bonds is 1. The van der Waals surface area contributed by atoms with Gasteiger partial charge in [-0.05, 0) is 38.1 Å². The van der Waals surface area contributed by atoms with Gasteiger partial charge in [-0.3, -0.25) is 0 Å². The van der Waals surface area contributed by atoms with E-state index < -0.39 is 0 Å². The van der Waals surface area contributed by atoms with E-state index >= 15 is 0 Å². The number of benzene rings is 1. The molecule has 2 unspecified atom stereocenters. The molecular weight excluding hydrogens is 250 g/mol. The zero-order valence-electron chi connectivity index (χ0n) is 12.2. The molecule has 2 aliphatic heterocycles. The summed E-state index contributed by atoms with van der Waals surface area (Å²) in [5, 5.41) is 0. The van der Waals surface area contributed by atoms with Gasteiger partial charge in [-0.15, -0.1) is 0 Å². The fourth-order valence-electron chi connectivity index (χ4n) is 4.14. The van der Waals surface area contributed by atoms with E-state index in [1.807, 2.05) is 0 Å². The molecule has 0 fully saturated rings. The fraction of sp³-hybridized carbons (Fsp3) is 0.529. The summed E-state index contributed by atoms with van der Waals surface area (Å²) in [4.78, 5) is 2.41. The van der Waals surface area contributed by atoms with Gasteiger partial charge in [-0.1, -0.05) is 12.2 Å².